The van der Waals surface area contributed by atoms with E-state index in [0.29, 0.717) is 18.0 Å². The summed E-state index contributed by atoms with van der Waals surface area (Å²) in [6.45, 7) is 0.840. The number of nitrogen functional groups attached to an aromatic ring is 1. The second-order valence-electron chi connectivity index (χ2n) is 8.36. The molecule has 1 amide bonds. The molecule has 1 atom stereocenters. The third-order valence-electron chi connectivity index (χ3n) is 6.38. The number of carbonyl (C=O) groups is 1. The summed E-state index contributed by atoms with van der Waals surface area (Å²) in [6.07, 6.45) is 4.26. The molecule has 6 rings (SSSR count). The second kappa shape index (κ2) is 7.74. The van der Waals surface area contributed by atoms with Gasteiger partial charge in [0.05, 0.1) is 6.04 Å². The van der Waals surface area contributed by atoms with Gasteiger partial charge in [0.1, 0.15) is 0 Å². The SMILES string of the molecule is Nc1ccc(/C=C/C(=O)N2CCc3c([nH]c4ccccc34)[C@H]2c2ccc3c(c2)OCO3)cc1. The number of benzene rings is 3. The van der Waals surface area contributed by atoms with Crippen molar-refractivity contribution in [3.63, 3.8) is 0 Å². The Labute approximate surface area is 191 Å². The lowest BCUT2D eigenvalue weighted by Gasteiger charge is -2.35. The second-order valence-corrected chi connectivity index (χ2v) is 8.36. The van der Waals surface area contributed by atoms with Crippen LogP contribution in [0.3, 0.4) is 0 Å². The molecule has 3 N–H and O–H groups in total. The van der Waals surface area contributed by atoms with Gasteiger partial charge in [-0.15, -0.1) is 0 Å². The number of rotatable bonds is 3. The number of hydrogen-bond donors (Lipinski definition) is 2. The van der Waals surface area contributed by atoms with Crippen LogP contribution in [0.4, 0.5) is 5.69 Å². The number of amides is 1. The number of fused-ring (bicyclic) bond motifs is 4. The van der Waals surface area contributed by atoms with E-state index in [9.17, 15) is 4.79 Å². The Balaban J connectivity index is 1.42. The summed E-state index contributed by atoms with van der Waals surface area (Å²) < 4.78 is 11.1. The highest BCUT2D eigenvalue weighted by Gasteiger charge is 2.34. The standard InChI is InChI=1S/C27H23N3O3/c28-19-9-5-17(6-10-19)7-12-25(31)30-14-13-21-20-3-1-2-4-22(20)29-26(21)27(30)18-8-11-23-24(15-18)33-16-32-23/h1-12,15,27,29H,13-14,16,28H2/b12-7+/t27-/m1/s1. The number of nitrogens with two attached hydrogens (primary N) is 1. The summed E-state index contributed by atoms with van der Waals surface area (Å²) in [7, 11) is 0. The minimum atomic E-state index is -0.251. The lowest BCUT2D eigenvalue weighted by molar-refractivity contribution is -0.128. The Morgan fingerprint density at radius 3 is 2.73 bits per heavy atom. The van der Waals surface area contributed by atoms with Crippen molar-refractivity contribution in [2.24, 2.45) is 0 Å². The monoisotopic (exact) mass is 437 g/mol. The van der Waals surface area contributed by atoms with Gasteiger partial charge in [-0.05, 0) is 59.5 Å². The number of nitrogens with zero attached hydrogens (tertiary/aromatic N) is 1. The Morgan fingerprint density at radius 2 is 1.85 bits per heavy atom. The van der Waals surface area contributed by atoms with Crippen LogP contribution >= 0.6 is 0 Å². The molecule has 0 aliphatic carbocycles. The van der Waals surface area contributed by atoms with E-state index in [2.05, 4.69) is 23.2 Å². The van der Waals surface area contributed by atoms with Gasteiger partial charge in [-0.3, -0.25) is 4.79 Å². The molecule has 2 aliphatic heterocycles. The fourth-order valence-electron chi connectivity index (χ4n) is 4.78. The third-order valence-corrected chi connectivity index (χ3v) is 6.38. The minimum absolute atomic E-state index is 0.0428. The van der Waals surface area contributed by atoms with Gasteiger partial charge < -0.3 is 25.1 Å². The van der Waals surface area contributed by atoms with E-state index in [0.717, 1.165) is 34.5 Å². The van der Waals surface area contributed by atoms with Crippen LogP contribution in [-0.4, -0.2) is 29.1 Å². The summed E-state index contributed by atoms with van der Waals surface area (Å²) in [5.41, 5.74) is 11.8. The van der Waals surface area contributed by atoms with E-state index in [-0.39, 0.29) is 18.7 Å². The molecule has 3 heterocycles. The van der Waals surface area contributed by atoms with Crippen LogP contribution in [0.1, 0.15) is 28.4 Å². The average Bonchev–Trinajstić information content (AvgIpc) is 3.46. The normalized spacial score (nSPS) is 17.0. The Kier molecular flexibility index (Phi) is 4.57. The van der Waals surface area contributed by atoms with Crippen molar-refractivity contribution in [2.75, 3.05) is 19.1 Å². The molecule has 1 aromatic heterocycles. The van der Waals surface area contributed by atoms with Crippen molar-refractivity contribution in [2.45, 2.75) is 12.5 Å². The first-order chi connectivity index (χ1) is 16.2. The van der Waals surface area contributed by atoms with Crippen molar-refractivity contribution in [1.82, 2.24) is 9.88 Å². The topological polar surface area (TPSA) is 80.6 Å². The number of hydrogen-bond acceptors (Lipinski definition) is 4. The molecule has 0 radical (unpaired) electrons. The number of para-hydroxylation sites is 1. The molecule has 0 saturated carbocycles. The van der Waals surface area contributed by atoms with E-state index in [4.69, 9.17) is 15.2 Å². The van der Waals surface area contributed by atoms with Crippen LogP contribution in [0.2, 0.25) is 0 Å². The van der Waals surface area contributed by atoms with Crippen LogP contribution < -0.4 is 15.2 Å². The Bertz CT molecular complexity index is 1390. The highest BCUT2D eigenvalue weighted by Crippen LogP contribution is 2.42. The number of aromatic nitrogens is 1. The van der Waals surface area contributed by atoms with Gasteiger partial charge in [0.2, 0.25) is 12.7 Å². The molecular weight excluding hydrogens is 414 g/mol. The van der Waals surface area contributed by atoms with Gasteiger partial charge >= 0.3 is 0 Å². The van der Waals surface area contributed by atoms with Gasteiger partial charge in [0.25, 0.3) is 0 Å². The molecule has 2 aliphatic rings. The zero-order valence-corrected chi connectivity index (χ0v) is 18.0. The molecule has 0 bridgehead atoms. The van der Waals surface area contributed by atoms with Crippen molar-refractivity contribution in [1.29, 1.82) is 0 Å². The Morgan fingerprint density at radius 1 is 1.03 bits per heavy atom. The maximum atomic E-state index is 13.4. The summed E-state index contributed by atoms with van der Waals surface area (Å²) in [5, 5.41) is 1.21. The Hall–Kier alpha value is -4.19. The molecule has 6 heteroatoms. The van der Waals surface area contributed by atoms with Crippen LogP contribution in [0.5, 0.6) is 11.5 Å². The molecule has 33 heavy (non-hydrogen) atoms. The first-order valence-electron chi connectivity index (χ1n) is 11.0. The van der Waals surface area contributed by atoms with E-state index >= 15 is 0 Å². The van der Waals surface area contributed by atoms with Gasteiger partial charge in [-0.25, -0.2) is 0 Å². The van der Waals surface area contributed by atoms with Crippen LogP contribution in [0, 0.1) is 0 Å². The van der Waals surface area contributed by atoms with Crippen molar-refractivity contribution in [3.8, 4) is 11.5 Å². The highest BCUT2D eigenvalue weighted by molar-refractivity contribution is 5.93. The number of ether oxygens (including phenoxy) is 2. The highest BCUT2D eigenvalue weighted by atomic mass is 16.7. The summed E-state index contributed by atoms with van der Waals surface area (Å²) in [6, 6.07) is 21.4. The van der Waals surface area contributed by atoms with E-state index in [1.807, 2.05) is 59.5 Å². The van der Waals surface area contributed by atoms with Crippen LogP contribution in [0.25, 0.3) is 17.0 Å². The molecule has 0 saturated heterocycles. The lowest BCUT2D eigenvalue weighted by atomic mass is 9.92. The predicted octanol–water partition coefficient (Wildman–Crippen LogP) is 4.67. The summed E-state index contributed by atoms with van der Waals surface area (Å²) >= 11 is 0. The van der Waals surface area contributed by atoms with Gasteiger partial charge in [0, 0.05) is 34.9 Å². The molecule has 0 fully saturated rings. The van der Waals surface area contributed by atoms with Crippen LogP contribution in [0.15, 0.2) is 72.8 Å². The van der Waals surface area contributed by atoms with E-state index < -0.39 is 0 Å². The predicted molar refractivity (Wildman–Crippen MR) is 128 cm³/mol. The fourth-order valence-corrected chi connectivity index (χ4v) is 4.78. The molecule has 164 valence electrons. The lowest BCUT2D eigenvalue weighted by Crippen LogP contribution is -2.39. The number of anilines is 1. The first kappa shape index (κ1) is 19.5. The third kappa shape index (κ3) is 3.40. The van der Waals surface area contributed by atoms with Gasteiger partial charge in [0.15, 0.2) is 11.5 Å². The minimum Gasteiger partial charge on any atom is -0.454 e. The van der Waals surface area contributed by atoms with Crippen molar-refractivity contribution in [3.05, 3.63) is 95.2 Å². The van der Waals surface area contributed by atoms with Crippen molar-refractivity contribution < 1.29 is 14.3 Å². The number of aromatic amines is 1. The average molecular weight is 437 g/mol. The number of nitrogens with one attached hydrogen (secondary N) is 1. The van der Waals surface area contributed by atoms with Gasteiger partial charge in [-0.1, -0.05) is 36.4 Å². The zero-order chi connectivity index (χ0) is 22.4. The quantitative estimate of drug-likeness (QED) is 0.361. The molecule has 0 unspecified atom stereocenters. The maximum Gasteiger partial charge on any atom is 0.247 e. The largest absolute Gasteiger partial charge is 0.454 e. The fraction of sp³-hybridized carbons (Fsp3) is 0.148. The molecule has 0 spiro atoms. The molecule has 3 aromatic carbocycles. The summed E-state index contributed by atoms with van der Waals surface area (Å²) in [4.78, 5) is 18.9. The zero-order valence-electron chi connectivity index (χ0n) is 18.0. The molecular formula is C27H23N3O3. The van der Waals surface area contributed by atoms with E-state index in [1.165, 1.54) is 10.9 Å². The van der Waals surface area contributed by atoms with Crippen LogP contribution in [-0.2, 0) is 11.2 Å². The van der Waals surface area contributed by atoms with Gasteiger partial charge in [-0.2, -0.15) is 0 Å². The molecule has 6 nitrogen and oxygen atoms in total. The number of H-pyrrole nitrogens is 1. The van der Waals surface area contributed by atoms with E-state index in [1.54, 1.807) is 6.08 Å². The molecule has 4 aromatic rings. The summed E-state index contributed by atoms with van der Waals surface area (Å²) in [5.74, 6) is 1.40. The first-order valence-corrected chi connectivity index (χ1v) is 11.0. The number of carbonyl (C=O) groups excluding carboxylic acids is 1. The smallest absolute Gasteiger partial charge is 0.247 e. The maximum absolute atomic E-state index is 13.4. The van der Waals surface area contributed by atoms with Crippen molar-refractivity contribution >= 4 is 28.6 Å².